The van der Waals surface area contributed by atoms with Crippen LogP contribution in [0.15, 0.2) is 95.9 Å². The van der Waals surface area contributed by atoms with Gasteiger partial charge in [-0.2, -0.15) is 0 Å². The summed E-state index contributed by atoms with van der Waals surface area (Å²) in [4.78, 5) is 0.183. The number of hydrogen-bond donors (Lipinski definition) is 1. The highest BCUT2D eigenvalue weighted by Crippen LogP contribution is 2.57. The molecule has 188 valence electrons. The Bertz CT molecular complexity index is 1560. The molecule has 0 spiro atoms. The van der Waals surface area contributed by atoms with Crippen LogP contribution in [0.2, 0.25) is 0 Å². The lowest BCUT2D eigenvalue weighted by atomic mass is 9.88. The van der Waals surface area contributed by atoms with Crippen LogP contribution >= 0.6 is 0 Å². The van der Waals surface area contributed by atoms with Crippen molar-refractivity contribution in [3.63, 3.8) is 0 Å². The minimum Gasteiger partial charge on any atom is -0.504 e. The Morgan fingerprint density at radius 1 is 0.946 bits per heavy atom. The molecule has 0 bridgehead atoms. The van der Waals surface area contributed by atoms with Gasteiger partial charge in [0.2, 0.25) is 0 Å². The number of ether oxygens (including phenoxy) is 3. The highest BCUT2D eigenvalue weighted by atomic mass is 32.2. The maximum atomic E-state index is 14.1. The molecule has 0 radical (unpaired) electrons. The molecule has 2 atom stereocenters. The number of phenols is 1. The summed E-state index contributed by atoms with van der Waals surface area (Å²) in [5.74, 6) is 1.05. The maximum Gasteiger partial charge on any atom is 0.264 e. The Morgan fingerprint density at radius 3 is 2.41 bits per heavy atom. The summed E-state index contributed by atoms with van der Waals surface area (Å²) in [5, 5.41) is 10.9. The molecule has 8 heteroatoms. The van der Waals surface area contributed by atoms with Crippen LogP contribution in [0.4, 0.5) is 5.69 Å². The number of hydrogen-bond acceptors (Lipinski definition) is 6. The summed E-state index contributed by atoms with van der Waals surface area (Å²) in [6, 6.07) is 26.0. The van der Waals surface area contributed by atoms with E-state index in [2.05, 4.69) is 0 Å². The van der Waals surface area contributed by atoms with Crippen LogP contribution < -0.4 is 18.5 Å². The topological polar surface area (TPSA) is 85.3 Å². The highest BCUT2D eigenvalue weighted by Gasteiger charge is 2.49. The first kappa shape index (κ1) is 23.2. The van der Waals surface area contributed by atoms with Crippen molar-refractivity contribution in [1.82, 2.24) is 0 Å². The van der Waals surface area contributed by atoms with E-state index in [9.17, 15) is 13.5 Å². The lowest BCUT2D eigenvalue weighted by molar-refractivity contribution is 0.246. The number of rotatable bonds is 6. The molecule has 0 fully saturated rings. The predicted octanol–water partition coefficient (Wildman–Crippen LogP) is 5.41. The Hall–Kier alpha value is -4.17. The normalized spacial score (nSPS) is 17.8. The summed E-state index contributed by atoms with van der Waals surface area (Å²) < 4.78 is 47.0. The number of nitrogens with zero attached hydrogens (tertiary/aromatic N) is 1. The average Bonchev–Trinajstić information content (AvgIpc) is 3.26. The van der Waals surface area contributed by atoms with E-state index < -0.39 is 16.1 Å². The van der Waals surface area contributed by atoms with Gasteiger partial charge in [0.05, 0.1) is 30.3 Å². The Balaban J connectivity index is 1.49. The molecular weight excluding hydrogens is 490 g/mol. The van der Waals surface area contributed by atoms with E-state index in [0.717, 1.165) is 11.1 Å². The fourth-order valence-electron chi connectivity index (χ4n) is 5.10. The minimum atomic E-state index is -3.97. The number of aromatic hydroxyl groups is 1. The van der Waals surface area contributed by atoms with Gasteiger partial charge >= 0.3 is 0 Å². The number of anilines is 1. The minimum absolute atomic E-state index is 0.0482. The van der Waals surface area contributed by atoms with Crippen LogP contribution in [0.25, 0.3) is 0 Å². The van der Waals surface area contributed by atoms with Gasteiger partial charge in [0.15, 0.2) is 11.5 Å². The van der Waals surface area contributed by atoms with Gasteiger partial charge in [-0.15, -0.1) is 0 Å². The zero-order valence-electron chi connectivity index (χ0n) is 20.1. The highest BCUT2D eigenvalue weighted by molar-refractivity contribution is 7.92. The number of methoxy groups -OCH3 is 1. The molecule has 37 heavy (non-hydrogen) atoms. The van der Waals surface area contributed by atoms with Crippen molar-refractivity contribution in [2.75, 3.05) is 18.0 Å². The van der Waals surface area contributed by atoms with Crippen molar-refractivity contribution >= 4 is 15.7 Å². The Labute approximate surface area is 215 Å². The second-order valence-corrected chi connectivity index (χ2v) is 10.8. The quantitative estimate of drug-likeness (QED) is 0.370. The second kappa shape index (κ2) is 9.05. The molecule has 1 N–H and O–H groups in total. The molecule has 0 saturated carbocycles. The van der Waals surface area contributed by atoms with Crippen molar-refractivity contribution < 1.29 is 27.7 Å². The molecule has 0 amide bonds. The Morgan fingerprint density at radius 2 is 1.68 bits per heavy atom. The fourth-order valence-corrected chi connectivity index (χ4v) is 6.80. The molecule has 2 aliphatic heterocycles. The van der Waals surface area contributed by atoms with Gasteiger partial charge in [0, 0.05) is 23.6 Å². The van der Waals surface area contributed by atoms with E-state index in [1.165, 1.54) is 4.31 Å². The van der Waals surface area contributed by atoms with Gasteiger partial charge in [0.1, 0.15) is 18.1 Å². The standard InChI is InChI=1S/C29H25NO6S/c1-34-20-12-13-22-27(14-20)36-18-24-23-15-26(31)28(35-17-19-8-4-2-5-9-19)16-25(23)30(29(22)24)37(32,33)21-10-6-3-7-11-21/h2-16,24,29,31H,17-18H2,1H3/t24-,29-/m1/s1. The van der Waals surface area contributed by atoms with Crippen LogP contribution in [0, 0.1) is 0 Å². The first-order valence-electron chi connectivity index (χ1n) is 11.9. The largest absolute Gasteiger partial charge is 0.504 e. The Kier molecular flexibility index (Phi) is 5.68. The van der Waals surface area contributed by atoms with E-state index in [0.29, 0.717) is 22.7 Å². The first-order valence-corrected chi connectivity index (χ1v) is 13.4. The summed E-state index contributed by atoms with van der Waals surface area (Å²) in [6.07, 6.45) is 0. The number of phenolic OH excluding ortho intramolecular Hbond substituents is 1. The molecule has 0 unspecified atom stereocenters. The second-order valence-electron chi connectivity index (χ2n) is 9.03. The predicted molar refractivity (Wildman–Crippen MR) is 139 cm³/mol. The van der Waals surface area contributed by atoms with Crippen LogP contribution in [0.1, 0.15) is 28.7 Å². The molecule has 4 aromatic rings. The summed E-state index contributed by atoms with van der Waals surface area (Å²) >= 11 is 0. The van der Waals surface area contributed by atoms with Gasteiger partial charge in [-0.25, -0.2) is 8.42 Å². The van der Waals surface area contributed by atoms with Crippen LogP contribution in [-0.4, -0.2) is 27.2 Å². The molecule has 7 nitrogen and oxygen atoms in total. The monoisotopic (exact) mass is 515 g/mol. The van der Waals surface area contributed by atoms with E-state index in [1.807, 2.05) is 36.4 Å². The third kappa shape index (κ3) is 3.94. The molecule has 0 saturated heterocycles. The maximum absolute atomic E-state index is 14.1. The third-order valence-electron chi connectivity index (χ3n) is 6.87. The van der Waals surface area contributed by atoms with Crippen LogP contribution in [0.3, 0.4) is 0 Å². The molecule has 2 aliphatic rings. The van der Waals surface area contributed by atoms with Crippen LogP contribution in [0.5, 0.6) is 23.0 Å². The van der Waals surface area contributed by atoms with E-state index in [1.54, 1.807) is 61.7 Å². The van der Waals surface area contributed by atoms with Gasteiger partial charge < -0.3 is 19.3 Å². The first-order chi connectivity index (χ1) is 18.0. The lowest BCUT2D eigenvalue weighted by Gasteiger charge is -2.34. The summed E-state index contributed by atoms with van der Waals surface area (Å²) in [5.41, 5.74) is 2.82. The molecule has 4 aromatic carbocycles. The van der Waals surface area contributed by atoms with Crippen LogP contribution in [-0.2, 0) is 16.6 Å². The lowest BCUT2D eigenvalue weighted by Crippen LogP contribution is -2.36. The molecule has 0 aliphatic carbocycles. The fraction of sp³-hybridized carbons (Fsp3) is 0.172. The van der Waals surface area contributed by atoms with Crippen molar-refractivity contribution in [3.05, 3.63) is 108 Å². The summed E-state index contributed by atoms with van der Waals surface area (Å²) in [6.45, 7) is 0.486. The van der Waals surface area contributed by atoms with E-state index >= 15 is 0 Å². The number of fused-ring (bicyclic) bond motifs is 5. The van der Waals surface area contributed by atoms with E-state index in [-0.39, 0.29) is 35.5 Å². The summed E-state index contributed by atoms with van der Waals surface area (Å²) in [7, 11) is -2.39. The van der Waals surface area contributed by atoms with Crippen molar-refractivity contribution in [3.8, 4) is 23.0 Å². The average molecular weight is 516 g/mol. The third-order valence-corrected chi connectivity index (χ3v) is 8.68. The molecular formula is C29H25NO6S. The van der Waals surface area contributed by atoms with E-state index in [4.69, 9.17) is 14.2 Å². The van der Waals surface area contributed by atoms with Gasteiger partial charge in [-0.1, -0.05) is 48.5 Å². The smallest absolute Gasteiger partial charge is 0.264 e. The molecule has 0 aromatic heterocycles. The zero-order valence-corrected chi connectivity index (χ0v) is 20.9. The van der Waals surface area contributed by atoms with Gasteiger partial charge in [0.25, 0.3) is 10.0 Å². The van der Waals surface area contributed by atoms with Crippen molar-refractivity contribution in [1.29, 1.82) is 0 Å². The van der Waals surface area contributed by atoms with Crippen molar-refractivity contribution in [2.45, 2.75) is 23.5 Å². The number of sulfonamides is 1. The molecule has 6 rings (SSSR count). The SMILES string of the molecule is COc1ccc2c(c1)OC[C@@H]1c3cc(O)c(OCc4ccccc4)cc3N(S(=O)(=O)c3ccccc3)[C@H]21. The van der Waals surface area contributed by atoms with Gasteiger partial charge in [-0.3, -0.25) is 4.31 Å². The van der Waals surface area contributed by atoms with Gasteiger partial charge in [-0.05, 0) is 41.5 Å². The number of benzene rings is 4. The zero-order chi connectivity index (χ0) is 25.6. The molecule has 2 heterocycles. The van der Waals surface area contributed by atoms with Crippen molar-refractivity contribution in [2.24, 2.45) is 0 Å².